The van der Waals surface area contributed by atoms with Gasteiger partial charge in [0.1, 0.15) is 17.9 Å². The van der Waals surface area contributed by atoms with Crippen molar-refractivity contribution in [2.75, 3.05) is 31.6 Å². The van der Waals surface area contributed by atoms with Crippen LogP contribution in [0.2, 0.25) is 0 Å². The van der Waals surface area contributed by atoms with Crippen LogP contribution in [-0.4, -0.2) is 52.9 Å². The Morgan fingerprint density at radius 3 is 2.96 bits per heavy atom. The summed E-state index contributed by atoms with van der Waals surface area (Å²) in [6.07, 6.45) is 3.06. The average Bonchev–Trinajstić information content (AvgIpc) is 2.90. The maximum Gasteiger partial charge on any atom is 0.258 e. The molecule has 1 saturated heterocycles. The Labute approximate surface area is 139 Å². The summed E-state index contributed by atoms with van der Waals surface area (Å²) in [6.45, 7) is 2.50. The molecule has 3 heterocycles. The van der Waals surface area contributed by atoms with Crippen LogP contribution in [0.4, 0.5) is 14.6 Å². The summed E-state index contributed by atoms with van der Waals surface area (Å²) < 4.78 is 26.4. The number of alkyl halides is 2. The van der Waals surface area contributed by atoms with Crippen molar-refractivity contribution in [3.8, 4) is 0 Å². The fourth-order valence-corrected chi connectivity index (χ4v) is 2.85. The Morgan fingerprint density at radius 1 is 1.43 bits per heavy atom. The standard InChI is InChI=1S/C14H20F2N6.ClH/c1-21(8-10-3-2-4-17-5-10)13-7-18-11-6-19-22(9-12(15)16)14(11)20-13;/h6-7,10,12,17H,2-5,8-9H2,1H3;1H. The minimum absolute atomic E-state index is 0. The molecule has 1 aliphatic heterocycles. The van der Waals surface area contributed by atoms with Gasteiger partial charge in [-0.3, -0.25) is 0 Å². The largest absolute Gasteiger partial charge is 0.358 e. The van der Waals surface area contributed by atoms with Gasteiger partial charge in [0.25, 0.3) is 6.43 Å². The monoisotopic (exact) mass is 346 g/mol. The molecule has 0 aromatic carbocycles. The highest BCUT2D eigenvalue weighted by Gasteiger charge is 2.17. The SMILES string of the molecule is CN(CC1CCCNC1)c1cnc2cnn(CC(F)F)c2n1.Cl. The van der Waals surface area contributed by atoms with Gasteiger partial charge in [-0.2, -0.15) is 5.10 Å². The molecule has 2 aromatic heterocycles. The van der Waals surface area contributed by atoms with Crippen LogP contribution < -0.4 is 10.2 Å². The molecule has 1 aliphatic rings. The summed E-state index contributed by atoms with van der Waals surface area (Å²) in [5.41, 5.74) is 0.948. The van der Waals surface area contributed by atoms with Gasteiger partial charge < -0.3 is 10.2 Å². The van der Waals surface area contributed by atoms with E-state index in [4.69, 9.17) is 0 Å². The van der Waals surface area contributed by atoms with Gasteiger partial charge in [0, 0.05) is 13.6 Å². The molecule has 0 spiro atoms. The first-order chi connectivity index (χ1) is 10.6. The Hall–Kier alpha value is -1.54. The molecule has 9 heteroatoms. The number of nitrogens with one attached hydrogen (secondary N) is 1. The summed E-state index contributed by atoms with van der Waals surface area (Å²) in [4.78, 5) is 10.8. The van der Waals surface area contributed by atoms with Crippen molar-refractivity contribution < 1.29 is 8.78 Å². The molecule has 1 atom stereocenters. The molecule has 1 unspecified atom stereocenters. The first kappa shape index (κ1) is 17.8. The lowest BCUT2D eigenvalue weighted by Gasteiger charge is -2.28. The number of piperidine rings is 1. The van der Waals surface area contributed by atoms with Crippen LogP contribution in [0.1, 0.15) is 12.8 Å². The minimum Gasteiger partial charge on any atom is -0.358 e. The van der Waals surface area contributed by atoms with E-state index < -0.39 is 13.0 Å². The molecule has 128 valence electrons. The predicted molar refractivity (Wildman–Crippen MR) is 87.4 cm³/mol. The van der Waals surface area contributed by atoms with E-state index in [-0.39, 0.29) is 12.4 Å². The smallest absolute Gasteiger partial charge is 0.258 e. The van der Waals surface area contributed by atoms with Gasteiger partial charge in [0.05, 0.1) is 12.4 Å². The number of anilines is 1. The third kappa shape index (κ3) is 4.26. The number of hydrogen-bond donors (Lipinski definition) is 1. The van der Waals surface area contributed by atoms with E-state index >= 15 is 0 Å². The lowest BCUT2D eigenvalue weighted by molar-refractivity contribution is 0.123. The second kappa shape index (κ2) is 7.83. The van der Waals surface area contributed by atoms with Gasteiger partial charge in [0.15, 0.2) is 5.65 Å². The quantitative estimate of drug-likeness (QED) is 0.896. The number of rotatable bonds is 5. The third-order valence-corrected chi connectivity index (χ3v) is 3.97. The van der Waals surface area contributed by atoms with E-state index in [1.54, 1.807) is 6.20 Å². The van der Waals surface area contributed by atoms with Gasteiger partial charge in [-0.05, 0) is 31.8 Å². The molecule has 0 aliphatic carbocycles. The van der Waals surface area contributed by atoms with Gasteiger partial charge in [-0.15, -0.1) is 12.4 Å². The highest BCUT2D eigenvalue weighted by Crippen LogP contribution is 2.18. The lowest BCUT2D eigenvalue weighted by atomic mass is 9.99. The second-order valence-electron chi connectivity index (χ2n) is 5.75. The summed E-state index contributed by atoms with van der Waals surface area (Å²) in [5, 5.41) is 7.32. The molecule has 0 saturated carbocycles. The van der Waals surface area contributed by atoms with Crippen LogP contribution in [0.25, 0.3) is 11.2 Å². The molecule has 0 radical (unpaired) electrons. The lowest BCUT2D eigenvalue weighted by Crippen LogP contribution is -2.37. The molecule has 6 nitrogen and oxygen atoms in total. The highest BCUT2D eigenvalue weighted by molar-refractivity contribution is 5.85. The molecule has 0 bridgehead atoms. The fourth-order valence-electron chi connectivity index (χ4n) is 2.85. The number of fused-ring (bicyclic) bond motifs is 1. The van der Waals surface area contributed by atoms with Crippen molar-refractivity contribution in [1.82, 2.24) is 25.1 Å². The van der Waals surface area contributed by atoms with E-state index in [0.29, 0.717) is 22.9 Å². The van der Waals surface area contributed by atoms with E-state index in [1.165, 1.54) is 23.7 Å². The van der Waals surface area contributed by atoms with Crippen molar-refractivity contribution in [2.45, 2.75) is 25.8 Å². The Morgan fingerprint density at radius 2 is 2.26 bits per heavy atom. The molecule has 1 N–H and O–H groups in total. The Bertz CT molecular complexity index is 629. The molecular weight excluding hydrogens is 326 g/mol. The molecule has 3 rings (SSSR count). The van der Waals surface area contributed by atoms with E-state index in [1.807, 2.05) is 11.9 Å². The molecule has 2 aromatic rings. The van der Waals surface area contributed by atoms with Crippen molar-refractivity contribution in [1.29, 1.82) is 0 Å². The normalized spacial score (nSPS) is 18.2. The summed E-state index contributed by atoms with van der Waals surface area (Å²) in [6, 6.07) is 0. The maximum absolute atomic E-state index is 12.6. The first-order valence-corrected chi connectivity index (χ1v) is 7.52. The van der Waals surface area contributed by atoms with Gasteiger partial charge >= 0.3 is 0 Å². The van der Waals surface area contributed by atoms with Crippen LogP contribution in [0.3, 0.4) is 0 Å². The number of halogens is 3. The summed E-state index contributed by atoms with van der Waals surface area (Å²) >= 11 is 0. The first-order valence-electron chi connectivity index (χ1n) is 7.52. The predicted octanol–water partition coefficient (Wildman–Crippen LogP) is 1.95. The highest BCUT2D eigenvalue weighted by atomic mass is 35.5. The van der Waals surface area contributed by atoms with E-state index in [9.17, 15) is 8.78 Å². The van der Waals surface area contributed by atoms with Crippen molar-refractivity contribution in [2.24, 2.45) is 5.92 Å². The Balaban J connectivity index is 0.00000192. The summed E-state index contributed by atoms with van der Waals surface area (Å²) in [5.74, 6) is 1.26. The van der Waals surface area contributed by atoms with Crippen molar-refractivity contribution >= 4 is 29.4 Å². The molecule has 23 heavy (non-hydrogen) atoms. The zero-order valence-electron chi connectivity index (χ0n) is 13.0. The zero-order chi connectivity index (χ0) is 15.5. The van der Waals surface area contributed by atoms with Crippen LogP contribution in [0, 0.1) is 5.92 Å². The molecular formula is C14H21ClF2N6. The van der Waals surface area contributed by atoms with Crippen LogP contribution in [0.5, 0.6) is 0 Å². The van der Waals surface area contributed by atoms with E-state index in [2.05, 4.69) is 20.4 Å². The van der Waals surface area contributed by atoms with Gasteiger partial charge in [0.2, 0.25) is 0 Å². The third-order valence-electron chi connectivity index (χ3n) is 3.97. The molecule has 1 fully saturated rings. The van der Waals surface area contributed by atoms with Crippen molar-refractivity contribution in [3.05, 3.63) is 12.4 Å². The topological polar surface area (TPSA) is 58.9 Å². The van der Waals surface area contributed by atoms with E-state index in [0.717, 1.165) is 19.6 Å². The molecule has 0 amide bonds. The summed E-state index contributed by atoms with van der Waals surface area (Å²) in [7, 11) is 1.96. The average molecular weight is 347 g/mol. The Kier molecular flexibility index (Phi) is 6.06. The van der Waals surface area contributed by atoms with Gasteiger partial charge in [-0.25, -0.2) is 23.4 Å². The fraction of sp³-hybridized carbons (Fsp3) is 0.643. The van der Waals surface area contributed by atoms with Crippen LogP contribution in [0.15, 0.2) is 12.4 Å². The second-order valence-corrected chi connectivity index (χ2v) is 5.75. The van der Waals surface area contributed by atoms with Crippen LogP contribution in [-0.2, 0) is 6.54 Å². The van der Waals surface area contributed by atoms with Crippen molar-refractivity contribution in [3.63, 3.8) is 0 Å². The minimum atomic E-state index is -2.46. The van der Waals surface area contributed by atoms with Crippen LogP contribution >= 0.6 is 12.4 Å². The maximum atomic E-state index is 12.6. The van der Waals surface area contributed by atoms with Gasteiger partial charge in [-0.1, -0.05) is 0 Å². The number of aromatic nitrogens is 4. The number of hydrogen-bond acceptors (Lipinski definition) is 5. The zero-order valence-corrected chi connectivity index (χ0v) is 13.8. The number of nitrogens with zero attached hydrogens (tertiary/aromatic N) is 5.